The normalized spacial score (nSPS) is 19.7. The van der Waals surface area contributed by atoms with E-state index in [-0.39, 0.29) is 56.6 Å². The van der Waals surface area contributed by atoms with Gasteiger partial charge in [-0.05, 0) is 17.7 Å². The fourth-order valence-corrected chi connectivity index (χ4v) is 3.83. The smallest absolute Gasteiger partial charge is 0.339 e. The number of nitrogens with one attached hydrogen (secondary N) is 1. The van der Waals surface area contributed by atoms with Crippen molar-refractivity contribution >= 4 is 35.4 Å². The van der Waals surface area contributed by atoms with Crippen LogP contribution >= 0.6 is 0 Å². The molecule has 2 unspecified atom stereocenters. The molecule has 1 heterocycles. The molecule has 0 bridgehead atoms. The van der Waals surface area contributed by atoms with E-state index in [2.05, 4.69) is 11.2 Å². The van der Waals surface area contributed by atoms with Crippen LogP contribution in [0.3, 0.4) is 0 Å². The van der Waals surface area contributed by atoms with Crippen molar-refractivity contribution in [2.24, 2.45) is 0 Å². The second kappa shape index (κ2) is 16.2. The van der Waals surface area contributed by atoms with Crippen molar-refractivity contribution in [1.29, 1.82) is 0 Å². The van der Waals surface area contributed by atoms with Crippen LogP contribution in [0.4, 0.5) is 5.69 Å². The molecule has 0 aliphatic carbocycles. The fraction of sp³-hybridized carbons (Fsp3) is 0.519. The van der Waals surface area contributed by atoms with E-state index >= 15 is 0 Å². The Morgan fingerprint density at radius 2 is 1.83 bits per heavy atom. The summed E-state index contributed by atoms with van der Waals surface area (Å²) in [5.41, 5.74) is 0.521. The Bertz CT molecular complexity index is 1150. The third kappa shape index (κ3) is 10.4. The van der Waals surface area contributed by atoms with E-state index in [0.717, 1.165) is 21.0 Å². The van der Waals surface area contributed by atoms with E-state index < -0.39 is 48.4 Å². The highest BCUT2D eigenvalue weighted by atomic mass is 16.7. The number of methoxy groups -OCH3 is 1. The van der Waals surface area contributed by atoms with Crippen molar-refractivity contribution in [3.63, 3.8) is 0 Å². The molecule has 14 nitrogen and oxygen atoms in total. The molecule has 2 N–H and O–H groups in total. The summed E-state index contributed by atoms with van der Waals surface area (Å²) >= 11 is 0. The molecule has 1 fully saturated rings. The summed E-state index contributed by atoms with van der Waals surface area (Å²) in [5, 5.41) is 12.2. The Kier molecular flexibility index (Phi) is 13.0. The molecule has 1 aromatic rings. The summed E-state index contributed by atoms with van der Waals surface area (Å²) in [7, 11) is 2.56. The molecule has 1 aromatic carbocycles. The van der Waals surface area contributed by atoms with Gasteiger partial charge in [-0.1, -0.05) is 12.0 Å². The zero-order valence-electron chi connectivity index (χ0n) is 23.2. The number of aliphatic hydroxyl groups excluding tert-OH is 1. The zero-order chi connectivity index (χ0) is 30.5. The Morgan fingerprint density at radius 1 is 1.15 bits per heavy atom. The number of carbonyl (C=O) groups is 5. The third-order valence-corrected chi connectivity index (χ3v) is 5.65. The molecule has 1 aliphatic rings. The molecular weight excluding hydrogens is 544 g/mol. The first-order valence-electron chi connectivity index (χ1n) is 12.5. The third-order valence-electron chi connectivity index (χ3n) is 5.65. The molecule has 0 spiro atoms. The highest BCUT2D eigenvalue weighted by Crippen LogP contribution is 2.32. The maximum atomic E-state index is 12.8. The lowest BCUT2D eigenvalue weighted by atomic mass is 10.0. The largest absolute Gasteiger partial charge is 0.467 e. The summed E-state index contributed by atoms with van der Waals surface area (Å²) in [6.07, 6.45) is -0.0914. The SMILES string of the molecule is C#CCOCCC(=O)N(C)CC(=O)Nc1cc(CO)ccc1O[C@H]1OC(C(=O)OC)[C@@H](OC(C)=O)CC1OC(C)=O. The van der Waals surface area contributed by atoms with Crippen molar-refractivity contribution in [3.8, 4) is 18.1 Å². The van der Waals surface area contributed by atoms with Crippen molar-refractivity contribution in [3.05, 3.63) is 23.8 Å². The van der Waals surface area contributed by atoms with E-state index in [4.69, 9.17) is 34.8 Å². The second-order valence-corrected chi connectivity index (χ2v) is 8.89. The summed E-state index contributed by atoms with van der Waals surface area (Å²) in [6.45, 7) is 1.79. The molecule has 224 valence electrons. The molecule has 41 heavy (non-hydrogen) atoms. The van der Waals surface area contributed by atoms with Gasteiger partial charge >= 0.3 is 17.9 Å². The van der Waals surface area contributed by atoms with E-state index in [1.54, 1.807) is 0 Å². The van der Waals surface area contributed by atoms with Gasteiger partial charge in [0, 0.05) is 27.3 Å². The number of carbonyl (C=O) groups excluding carboxylic acids is 5. The maximum absolute atomic E-state index is 12.8. The summed E-state index contributed by atoms with van der Waals surface area (Å²) in [5.74, 6) is -0.857. The van der Waals surface area contributed by atoms with Crippen LogP contribution in [0, 0.1) is 12.3 Å². The highest BCUT2D eigenvalue weighted by molar-refractivity contribution is 5.95. The summed E-state index contributed by atoms with van der Waals surface area (Å²) in [4.78, 5) is 62.1. The highest BCUT2D eigenvalue weighted by Gasteiger charge is 2.47. The molecule has 2 rings (SSSR count). The predicted octanol–water partition coefficient (Wildman–Crippen LogP) is 0.146. The Labute approximate surface area is 237 Å². The lowest BCUT2D eigenvalue weighted by Gasteiger charge is -2.38. The van der Waals surface area contributed by atoms with Crippen molar-refractivity contribution in [1.82, 2.24) is 4.90 Å². The van der Waals surface area contributed by atoms with Gasteiger partial charge < -0.3 is 43.7 Å². The minimum atomic E-state index is -1.40. The standard InChI is InChI=1S/C27H34N2O12/c1-6-10-37-11-9-24(34)29(4)14-23(33)28-19-12-18(15-30)7-8-20(19)40-27-22(39-17(3)32)13-21(38-16(2)31)25(41-27)26(35)36-5/h1,7-8,12,21-22,25,27,30H,9-11,13-15H2,2-5H3,(H,28,33)/t21-,22?,25?,27-/m0/s1. The first kappa shape index (κ1) is 33.0. The van der Waals surface area contributed by atoms with E-state index in [9.17, 15) is 29.1 Å². The molecular formula is C27H34N2O12. The van der Waals surface area contributed by atoms with Crippen molar-refractivity contribution in [2.45, 2.75) is 57.9 Å². The van der Waals surface area contributed by atoms with Crippen LogP contribution < -0.4 is 10.1 Å². The average Bonchev–Trinajstić information content (AvgIpc) is 2.91. The lowest BCUT2D eigenvalue weighted by molar-refractivity contribution is -0.248. The molecule has 0 radical (unpaired) electrons. The number of ether oxygens (including phenoxy) is 6. The number of terminal acetylenes is 1. The van der Waals surface area contributed by atoms with Crippen LogP contribution in [-0.2, 0) is 54.3 Å². The van der Waals surface area contributed by atoms with Crippen LogP contribution in [0.25, 0.3) is 0 Å². The second-order valence-electron chi connectivity index (χ2n) is 8.89. The molecule has 2 amide bonds. The topological polar surface area (TPSA) is 176 Å². The van der Waals surface area contributed by atoms with E-state index in [0.29, 0.717) is 5.56 Å². The van der Waals surface area contributed by atoms with Crippen LogP contribution in [0.15, 0.2) is 18.2 Å². The molecule has 0 aromatic heterocycles. The zero-order valence-corrected chi connectivity index (χ0v) is 23.2. The van der Waals surface area contributed by atoms with Gasteiger partial charge in [-0.3, -0.25) is 19.2 Å². The number of esters is 3. The lowest BCUT2D eigenvalue weighted by Crippen LogP contribution is -2.55. The van der Waals surface area contributed by atoms with Crippen LogP contribution in [0.1, 0.15) is 32.3 Å². The molecule has 1 aliphatic heterocycles. The van der Waals surface area contributed by atoms with E-state index in [1.165, 1.54) is 30.1 Å². The molecule has 14 heteroatoms. The van der Waals surface area contributed by atoms with Gasteiger partial charge in [-0.2, -0.15) is 0 Å². The predicted molar refractivity (Wildman–Crippen MR) is 140 cm³/mol. The maximum Gasteiger partial charge on any atom is 0.339 e. The quantitative estimate of drug-likeness (QED) is 0.140. The number of anilines is 1. The summed E-state index contributed by atoms with van der Waals surface area (Å²) in [6, 6.07) is 4.38. The molecule has 4 atom stereocenters. The van der Waals surface area contributed by atoms with Gasteiger partial charge in [0.1, 0.15) is 18.5 Å². The number of hydrogen-bond acceptors (Lipinski definition) is 12. The van der Waals surface area contributed by atoms with Gasteiger partial charge in [0.15, 0.2) is 12.2 Å². The van der Waals surface area contributed by atoms with Crippen molar-refractivity contribution in [2.75, 3.05) is 39.2 Å². The number of rotatable bonds is 13. The van der Waals surface area contributed by atoms with Gasteiger partial charge in [-0.15, -0.1) is 6.42 Å². The minimum absolute atomic E-state index is 0.0199. The Morgan fingerprint density at radius 3 is 2.44 bits per heavy atom. The number of benzene rings is 1. The fourth-order valence-electron chi connectivity index (χ4n) is 3.83. The monoisotopic (exact) mass is 578 g/mol. The first-order valence-corrected chi connectivity index (χ1v) is 12.5. The number of aliphatic hydroxyl groups is 1. The minimum Gasteiger partial charge on any atom is -0.467 e. The van der Waals surface area contributed by atoms with Crippen LogP contribution in [-0.4, -0.2) is 98.2 Å². The Hall–Kier alpha value is -4.19. The molecule has 1 saturated heterocycles. The van der Waals surface area contributed by atoms with Gasteiger partial charge in [0.05, 0.1) is 39.0 Å². The van der Waals surface area contributed by atoms with Gasteiger partial charge in [-0.25, -0.2) is 4.79 Å². The van der Waals surface area contributed by atoms with Crippen LogP contribution in [0.2, 0.25) is 0 Å². The van der Waals surface area contributed by atoms with E-state index in [1.807, 2.05) is 0 Å². The van der Waals surface area contributed by atoms with Crippen LogP contribution in [0.5, 0.6) is 5.75 Å². The van der Waals surface area contributed by atoms with Crippen molar-refractivity contribution < 1.29 is 57.5 Å². The van der Waals surface area contributed by atoms with Gasteiger partial charge in [0.2, 0.25) is 18.1 Å². The molecule has 0 saturated carbocycles. The first-order chi connectivity index (χ1) is 19.5. The average molecular weight is 579 g/mol. The number of hydrogen-bond donors (Lipinski definition) is 2. The van der Waals surface area contributed by atoms with Gasteiger partial charge in [0.25, 0.3) is 0 Å². The number of nitrogens with zero attached hydrogens (tertiary/aromatic N) is 1. The number of likely N-dealkylation sites (N-methyl/N-ethyl adjacent to an activating group) is 1. The number of amides is 2. The summed E-state index contributed by atoms with van der Waals surface area (Å²) < 4.78 is 32.1. The Balaban J connectivity index is 2.25.